The van der Waals surface area contributed by atoms with Crippen molar-refractivity contribution in [1.82, 2.24) is 10.2 Å². The second-order valence-corrected chi connectivity index (χ2v) is 6.77. The Morgan fingerprint density at radius 3 is 2.85 bits per heavy atom. The Bertz CT molecular complexity index is 1020. The lowest BCUT2D eigenvalue weighted by atomic mass is 10.0. The molecule has 6 heteroatoms. The average molecular weight is 385 g/mol. The first-order chi connectivity index (χ1) is 12.6. The molecule has 130 valence electrons. The quantitative estimate of drug-likeness (QED) is 0.495. The van der Waals surface area contributed by atoms with Gasteiger partial charge < -0.3 is 4.74 Å². The van der Waals surface area contributed by atoms with E-state index >= 15 is 0 Å². The molecule has 0 spiro atoms. The Morgan fingerprint density at radius 2 is 2.00 bits per heavy atom. The van der Waals surface area contributed by atoms with Crippen molar-refractivity contribution in [2.24, 2.45) is 0 Å². The van der Waals surface area contributed by atoms with Crippen LogP contribution in [0.1, 0.15) is 21.6 Å². The number of hydrogen-bond donors (Lipinski definition) is 1. The van der Waals surface area contributed by atoms with E-state index in [1.807, 2.05) is 24.3 Å². The molecule has 2 aromatic carbocycles. The fourth-order valence-electron chi connectivity index (χ4n) is 2.83. The van der Waals surface area contributed by atoms with E-state index in [9.17, 15) is 4.79 Å². The number of carbonyl (C=O) groups excluding carboxylic acids is 1. The molecule has 0 unspecified atom stereocenters. The second-order valence-electron chi connectivity index (χ2n) is 5.96. The minimum absolute atomic E-state index is 0.0645. The second kappa shape index (κ2) is 6.98. The highest BCUT2D eigenvalue weighted by molar-refractivity contribution is 6.42. The molecule has 0 atom stereocenters. The molecule has 26 heavy (non-hydrogen) atoms. The molecule has 1 aliphatic heterocycles. The lowest BCUT2D eigenvalue weighted by molar-refractivity contribution is 0.104. The summed E-state index contributed by atoms with van der Waals surface area (Å²) in [6.45, 7) is 0.675. The molecular weight excluding hydrogens is 371 g/mol. The lowest BCUT2D eigenvalue weighted by Crippen LogP contribution is -1.95. The number of nitrogens with one attached hydrogen (secondary N) is 1. The van der Waals surface area contributed by atoms with E-state index in [2.05, 4.69) is 10.2 Å². The van der Waals surface area contributed by atoms with Gasteiger partial charge in [0.2, 0.25) is 0 Å². The molecule has 0 amide bonds. The fraction of sp³-hybridized carbons (Fsp3) is 0.100. The van der Waals surface area contributed by atoms with Crippen LogP contribution in [0.15, 0.2) is 48.5 Å². The van der Waals surface area contributed by atoms with E-state index < -0.39 is 0 Å². The van der Waals surface area contributed by atoms with E-state index in [1.165, 1.54) is 6.08 Å². The van der Waals surface area contributed by atoms with E-state index in [0.29, 0.717) is 22.2 Å². The van der Waals surface area contributed by atoms with E-state index in [0.717, 1.165) is 34.7 Å². The van der Waals surface area contributed by atoms with Crippen molar-refractivity contribution in [1.29, 1.82) is 0 Å². The van der Waals surface area contributed by atoms with Gasteiger partial charge in [0.15, 0.2) is 5.78 Å². The molecule has 0 saturated heterocycles. The van der Waals surface area contributed by atoms with Gasteiger partial charge in [-0.25, -0.2) is 0 Å². The van der Waals surface area contributed by atoms with Gasteiger partial charge in [-0.3, -0.25) is 9.89 Å². The summed E-state index contributed by atoms with van der Waals surface area (Å²) in [5.41, 5.74) is 4.02. The highest BCUT2D eigenvalue weighted by atomic mass is 35.5. The third-order valence-corrected chi connectivity index (χ3v) is 4.94. The van der Waals surface area contributed by atoms with Crippen LogP contribution in [-0.4, -0.2) is 22.6 Å². The molecule has 1 aliphatic rings. The van der Waals surface area contributed by atoms with Crippen LogP contribution >= 0.6 is 23.2 Å². The lowest BCUT2D eigenvalue weighted by Gasteiger charge is -2.00. The molecule has 3 aromatic rings. The number of aromatic nitrogens is 2. The Morgan fingerprint density at radius 1 is 1.12 bits per heavy atom. The van der Waals surface area contributed by atoms with Crippen LogP contribution in [0.3, 0.4) is 0 Å². The number of carbonyl (C=O) groups is 1. The van der Waals surface area contributed by atoms with Gasteiger partial charge in [0.25, 0.3) is 0 Å². The number of H-pyrrole nitrogens is 1. The molecule has 1 aromatic heterocycles. The van der Waals surface area contributed by atoms with Crippen molar-refractivity contribution in [2.45, 2.75) is 6.42 Å². The number of fused-ring (bicyclic) bond motifs is 1. The average Bonchev–Trinajstić information content (AvgIpc) is 3.30. The highest BCUT2D eigenvalue weighted by Gasteiger charge is 2.14. The molecule has 4 nitrogen and oxygen atoms in total. The molecule has 2 heterocycles. The number of benzene rings is 2. The molecule has 1 N–H and O–H groups in total. The van der Waals surface area contributed by atoms with Crippen LogP contribution in [-0.2, 0) is 6.42 Å². The monoisotopic (exact) mass is 384 g/mol. The normalized spacial score (nSPS) is 13.0. The van der Waals surface area contributed by atoms with Crippen molar-refractivity contribution in [3.63, 3.8) is 0 Å². The molecule has 0 fully saturated rings. The standard InChI is InChI=1S/C20H14Cl2N2O2/c21-16-4-1-12(10-17(16)22)18-11-15(23-24-18)3-5-19(25)13-2-6-20-14(9-13)7-8-26-20/h1-6,9-11H,7-8H2,(H,23,24)/b5-3+. The number of ether oxygens (including phenoxy) is 1. The predicted octanol–water partition coefficient (Wildman–Crippen LogP) is 5.21. The Balaban J connectivity index is 1.51. The van der Waals surface area contributed by atoms with Crippen LogP contribution in [0.2, 0.25) is 10.0 Å². The first-order valence-corrected chi connectivity index (χ1v) is 8.85. The number of hydrogen-bond acceptors (Lipinski definition) is 3. The summed E-state index contributed by atoms with van der Waals surface area (Å²) in [5.74, 6) is 0.802. The summed E-state index contributed by atoms with van der Waals surface area (Å²) >= 11 is 12.0. The fourth-order valence-corrected chi connectivity index (χ4v) is 3.12. The van der Waals surface area contributed by atoms with Gasteiger partial charge in [0.1, 0.15) is 5.75 Å². The summed E-state index contributed by atoms with van der Waals surface area (Å²) in [7, 11) is 0. The third kappa shape index (κ3) is 3.39. The third-order valence-electron chi connectivity index (χ3n) is 4.20. The van der Waals surface area contributed by atoms with Gasteiger partial charge in [-0.15, -0.1) is 0 Å². The largest absolute Gasteiger partial charge is 0.493 e. The summed E-state index contributed by atoms with van der Waals surface area (Å²) in [5, 5.41) is 8.12. The van der Waals surface area contributed by atoms with Crippen molar-refractivity contribution in [3.05, 3.63) is 75.4 Å². The first-order valence-electron chi connectivity index (χ1n) is 8.09. The van der Waals surface area contributed by atoms with Crippen LogP contribution in [0.25, 0.3) is 17.3 Å². The van der Waals surface area contributed by atoms with Gasteiger partial charge in [0, 0.05) is 17.5 Å². The zero-order valence-corrected chi connectivity index (χ0v) is 15.1. The number of ketones is 1. The predicted molar refractivity (Wildman–Crippen MR) is 103 cm³/mol. The van der Waals surface area contributed by atoms with Gasteiger partial charge >= 0.3 is 0 Å². The van der Waals surface area contributed by atoms with E-state index in [1.54, 1.807) is 24.3 Å². The number of aromatic amines is 1. The number of nitrogens with zero attached hydrogens (tertiary/aromatic N) is 1. The van der Waals surface area contributed by atoms with Crippen molar-refractivity contribution < 1.29 is 9.53 Å². The maximum absolute atomic E-state index is 12.4. The molecule has 0 aliphatic carbocycles. The van der Waals surface area contributed by atoms with E-state index in [-0.39, 0.29) is 5.78 Å². The SMILES string of the molecule is O=C(/C=C/c1cc(-c2ccc(Cl)c(Cl)c2)n[nH]1)c1ccc2c(c1)CCO2. The van der Waals surface area contributed by atoms with Gasteiger partial charge in [0.05, 0.1) is 28.0 Å². The molecular formula is C20H14Cl2N2O2. The Labute approximate surface area is 160 Å². The summed E-state index contributed by atoms with van der Waals surface area (Å²) in [6, 6.07) is 12.7. The zero-order chi connectivity index (χ0) is 18.1. The van der Waals surface area contributed by atoms with Crippen LogP contribution < -0.4 is 4.74 Å². The van der Waals surface area contributed by atoms with Crippen LogP contribution in [0, 0.1) is 0 Å². The topological polar surface area (TPSA) is 55.0 Å². The summed E-state index contributed by atoms with van der Waals surface area (Å²) in [6.07, 6.45) is 4.08. The minimum atomic E-state index is -0.0645. The van der Waals surface area contributed by atoms with Crippen LogP contribution in [0.5, 0.6) is 5.75 Å². The number of allylic oxidation sites excluding steroid dienone is 1. The van der Waals surface area contributed by atoms with Crippen molar-refractivity contribution in [2.75, 3.05) is 6.61 Å². The Kier molecular flexibility index (Phi) is 4.53. The summed E-state index contributed by atoms with van der Waals surface area (Å²) < 4.78 is 5.46. The minimum Gasteiger partial charge on any atom is -0.493 e. The van der Waals surface area contributed by atoms with Crippen molar-refractivity contribution in [3.8, 4) is 17.0 Å². The number of rotatable bonds is 4. The zero-order valence-electron chi connectivity index (χ0n) is 13.6. The number of halogens is 2. The Hall–Kier alpha value is -2.56. The van der Waals surface area contributed by atoms with Gasteiger partial charge in [-0.05, 0) is 54.1 Å². The van der Waals surface area contributed by atoms with Crippen molar-refractivity contribution >= 4 is 35.1 Å². The van der Waals surface area contributed by atoms with Crippen LogP contribution in [0.4, 0.5) is 0 Å². The maximum Gasteiger partial charge on any atom is 0.185 e. The molecule has 0 saturated carbocycles. The molecule has 0 bridgehead atoms. The molecule has 0 radical (unpaired) electrons. The van der Waals surface area contributed by atoms with Gasteiger partial charge in [-0.2, -0.15) is 5.10 Å². The molecule has 4 rings (SSSR count). The first kappa shape index (κ1) is 16.9. The summed E-state index contributed by atoms with van der Waals surface area (Å²) in [4.78, 5) is 12.4. The van der Waals surface area contributed by atoms with E-state index in [4.69, 9.17) is 27.9 Å². The smallest absolute Gasteiger partial charge is 0.185 e. The maximum atomic E-state index is 12.4. The van der Waals surface area contributed by atoms with Gasteiger partial charge in [-0.1, -0.05) is 29.3 Å². The highest BCUT2D eigenvalue weighted by Crippen LogP contribution is 2.28.